The van der Waals surface area contributed by atoms with Crippen LogP contribution in [0.4, 0.5) is 0 Å². The molecule has 3 rings (SSSR count). The van der Waals surface area contributed by atoms with Gasteiger partial charge >= 0.3 is 0 Å². The van der Waals surface area contributed by atoms with Crippen molar-refractivity contribution in [2.45, 2.75) is 60.3 Å². The Kier molecular flexibility index (Phi) is 22.0. The van der Waals surface area contributed by atoms with Gasteiger partial charge < -0.3 is 0 Å². The molecule has 59 heavy (non-hydrogen) atoms. The van der Waals surface area contributed by atoms with Crippen LogP contribution in [0.5, 0.6) is 0 Å². The molecule has 0 atom stereocenters. The maximum Gasteiger partial charge on any atom is 0.00398 e. The molecule has 0 amide bonds. The molecule has 0 aliphatic rings. The van der Waals surface area contributed by atoms with Crippen LogP contribution in [0.25, 0.3) is 34.6 Å². The molecule has 0 saturated carbocycles. The SMILES string of the molecule is C=C/C=C(\C=C/CC)C(=C\c1c(C=C)c(C/C=C\C/C=C/C=C/C(S)=C/C=C/C)c(/C=C(C(/C)=C/C=C=C/C=C\C)\C(=C\C)CC=C)c2ccccc12)/c1ccccc1. The summed E-state index contributed by atoms with van der Waals surface area (Å²) >= 11 is 4.53. The van der Waals surface area contributed by atoms with Crippen molar-refractivity contribution in [3.8, 4) is 0 Å². The summed E-state index contributed by atoms with van der Waals surface area (Å²) in [4.78, 5) is 0.908. The lowest BCUT2D eigenvalue weighted by Gasteiger charge is -2.21. The van der Waals surface area contributed by atoms with Crippen molar-refractivity contribution in [3.63, 3.8) is 0 Å². The van der Waals surface area contributed by atoms with E-state index >= 15 is 0 Å². The Morgan fingerprint density at radius 3 is 2.10 bits per heavy atom. The summed E-state index contributed by atoms with van der Waals surface area (Å²) in [5, 5.41) is 2.34. The third-order valence-electron chi connectivity index (χ3n) is 9.49. The van der Waals surface area contributed by atoms with Crippen molar-refractivity contribution >= 4 is 47.2 Å². The van der Waals surface area contributed by atoms with Gasteiger partial charge in [0.25, 0.3) is 0 Å². The Balaban J connectivity index is 2.47. The van der Waals surface area contributed by atoms with Crippen molar-refractivity contribution in [2.24, 2.45) is 0 Å². The average molecular weight is 791 g/mol. The Morgan fingerprint density at radius 2 is 1.44 bits per heavy atom. The maximum atomic E-state index is 4.53. The van der Waals surface area contributed by atoms with Gasteiger partial charge in [0.2, 0.25) is 0 Å². The largest absolute Gasteiger partial charge is 0.143 e. The number of benzene rings is 3. The molecule has 0 aromatic heterocycles. The summed E-state index contributed by atoms with van der Waals surface area (Å²) in [5.74, 6) is 0. The van der Waals surface area contributed by atoms with Crippen LogP contribution >= 0.6 is 12.6 Å². The first kappa shape index (κ1) is 47.3. The van der Waals surface area contributed by atoms with Crippen LogP contribution in [0.1, 0.15) is 81.7 Å². The molecule has 300 valence electrons. The van der Waals surface area contributed by atoms with Gasteiger partial charge in [0.1, 0.15) is 0 Å². The molecule has 0 bridgehead atoms. The molecule has 0 spiro atoms. The predicted octanol–water partition coefficient (Wildman–Crippen LogP) is 17.2. The van der Waals surface area contributed by atoms with Gasteiger partial charge in [-0.05, 0) is 156 Å². The maximum absolute atomic E-state index is 4.53. The summed E-state index contributed by atoms with van der Waals surface area (Å²) in [7, 11) is 0. The number of fused-ring (bicyclic) bond motifs is 1. The number of rotatable bonds is 21. The van der Waals surface area contributed by atoms with E-state index < -0.39 is 0 Å². The molecule has 3 aromatic carbocycles. The van der Waals surface area contributed by atoms with Gasteiger partial charge in [-0.15, -0.1) is 24.9 Å². The van der Waals surface area contributed by atoms with Crippen LogP contribution in [0, 0.1) is 0 Å². The van der Waals surface area contributed by atoms with E-state index in [9.17, 15) is 0 Å². The Bertz CT molecular complexity index is 2340. The van der Waals surface area contributed by atoms with E-state index in [2.05, 4.69) is 180 Å². The third kappa shape index (κ3) is 15.0. The van der Waals surface area contributed by atoms with Gasteiger partial charge in [0, 0.05) is 4.91 Å². The predicted molar refractivity (Wildman–Crippen MR) is 271 cm³/mol. The molecule has 0 unspecified atom stereocenters. The molecule has 0 heterocycles. The van der Waals surface area contributed by atoms with Gasteiger partial charge in [-0.3, -0.25) is 0 Å². The first-order chi connectivity index (χ1) is 28.9. The lowest BCUT2D eigenvalue weighted by atomic mass is 9.83. The second kappa shape index (κ2) is 27.5. The lowest BCUT2D eigenvalue weighted by Crippen LogP contribution is -2.01. The second-order valence-corrected chi connectivity index (χ2v) is 14.1. The van der Waals surface area contributed by atoms with E-state index in [0.717, 1.165) is 75.0 Å². The molecular formula is C58H62S. The Hall–Kier alpha value is -6.11. The second-order valence-electron chi connectivity index (χ2n) is 13.6. The fourth-order valence-electron chi connectivity index (χ4n) is 6.59. The molecular weight excluding hydrogens is 729 g/mol. The number of hydrogen-bond donors (Lipinski definition) is 1. The molecule has 0 radical (unpaired) electrons. The summed E-state index contributed by atoms with van der Waals surface area (Å²) in [6, 6.07) is 19.4. The Morgan fingerprint density at radius 1 is 0.712 bits per heavy atom. The van der Waals surface area contributed by atoms with E-state index in [-0.39, 0.29) is 0 Å². The quantitative estimate of drug-likeness (QED) is 0.0359. The van der Waals surface area contributed by atoms with Gasteiger partial charge in [-0.2, -0.15) is 0 Å². The topological polar surface area (TPSA) is 0 Å². The first-order valence-electron chi connectivity index (χ1n) is 20.5. The van der Waals surface area contributed by atoms with Gasteiger partial charge in [-0.25, -0.2) is 0 Å². The highest BCUT2D eigenvalue weighted by Gasteiger charge is 2.18. The van der Waals surface area contributed by atoms with E-state index in [4.69, 9.17) is 0 Å². The highest BCUT2D eigenvalue weighted by molar-refractivity contribution is 7.84. The third-order valence-corrected chi connectivity index (χ3v) is 9.79. The minimum absolute atomic E-state index is 0.718. The summed E-state index contributed by atoms with van der Waals surface area (Å²) in [6.07, 6.45) is 51.3. The smallest absolute Gasteiger partial charge is 0.00398 e. The highest BCUT2D eigenvalue weighted by Crippen LogP contribution is 2.39. The van der Waals surface area contributed by atoms with E-state index in [1.807, 2.05) is 86.8 Å². The van der Waals surface area contributed by atoms with Crippen LogP contribution in [-0.4, -0.2) is 0 Å². The van der Waals surface area contributed by atoms with Crippen molar-refractivity contribution in [3.05, 3.63) is 257 Å². The van der Waals surface area contributed by atoms with E-state index in [1.165, 1.54) is 22.1 Å². The van der Waals surface area contributed by atoms with Crippen molar-refractivity contribution < 1.29 is 0 Å². The highest BCUT2D eigenvalue weighted by atomic mass is 32.1. The zero-order valence-corrected chi connectivity index (χ0v) is 36.8. The fourth-order valence-corrected chi connectivity index (χ4v) is 6.77. The summed E-state index contributed by atoms with van der Waals surface area (Å²) in [5.41, 5.74) is 14.8. The van der Waals surface area contributed by atoms with Gasteiger partial charge in [0.15, 0.2) is 0 Å². The fraction of sp³-hybridized carbons (Fsp3) is 0.155. The van der Waals surface area contributed by atoms with Crippen LogP contribution in [0.15, 0.2) is 229 Å². The van der Waals surface area contributed by atoms with Crippen LogP contribution in [0.2, 0.25) is 0 Å². The zero-order chi connectivity index (χ0) is 42.7. The summed E-state index contributed by atoms with van der Waals surface area (Å²) in [6.45, 7) is 23.1. The van der Waals surface area contributed by atoms with Crippen molar-refractivity contribution in [2.75, 3.05) is 0 Å². The van der Waals surface area contributed by atoms with Gasteiger partial charge in [0.05, 0.1) is 0 Å². The monoisotopic (exact) mass is 790 g/mol. The minimum atomic E-state index is 0.718. The minimum Gasteiger partial charge on any atom is -0.143 e. The molecule has 0 saturated heterocycles. The standard InChI is InChI=1S/C58H62S/c1-9-16-19-22-26-35-46(8)55(47(14-6)33-12-4)44-58-52(41-30-24-21-20-23-29-40-50(59)39-18-11-3)51(15-7)57(53-42-31-32-43-54(53)58)45-56(49-37-27-25-28-38-49)48(34-13-5)36-17-10-2/h9,11-20,23-32,34-40,42-45,59H,4-5,7,10,21,33,41H2,1-3,6,8H3/b16-9-,18-11+,23-20+,30-24-,36-17-,40-29+,46-35+,47-14+,48-34+,50-39-,55-44-,56-45+. The van der Waals surface area contributed by atoms with Crippen LogP contribution in [0.3, 0.4) is 0 Å². The molecule has 0 aliphatic carbocycles. The van der Waals surface area contributed by atoms with Crippen molar-refractivity contribution in [1.82, 2.24) is 0 Å². The average Bonchev–Trinajstić information content (AvgIpc) is 3.26. The summed E-state index contributed by atoms with van der Waals surface area (Å²) < 4.78 is 0. The molecule has 0 fully saturated rings. The Labute approximate surface area is 362 Å². The number of hydrogen-bond acceptors (Lipinski definition) is 1. The number of thiol groups is 1. The van der Waals surface area contributed by atoms with Crippen LogP contribution < -0.4 is 0 Å². The number of allylic oxidation sites excluding steroid dienone is 24. The molecule has 0 nitrogen and oxygen atoms in total. The molecule has 3 aromatic rings. The lowest BCUT2D eigenvalue weighted by molar-refractivity contribution is 1.20. The van der Waals surface area contributed by atoms with E-state index in [0.29, 0.717) is 0 Å². The molecule has 0 aliphatic heterocycles. The van der Waals surface area contributed by atoms with Crippen molar-refractivity contribution in [1.29, 1.82) is 0 Å². The molecule has 1 heteroatoms. The first-order valence-corrected chi connectivity index (χ1v) is 21.0. The van der Waals surface area contributed by atoms with Crippen LogP contribution in [-0.2, 0) is 6.42 Å². The molecule has 0 N–H and O–H groups in total. The zero-order valence-electron chi connectivity index (χ0n) is 35.9. The normalized spacial score (nSPS) is 13.9. The van der Waals surface area contributed by atoms with Gasteiger partial charge in [-0.1, -0.05) is 178 Å². The van der Waals surface area contributed by atoms with E-state index in [1.54, 1.807) is 0 Å².